The third kappa shape index (κ3) is 3.70. The molecule has 0 unspecified atom stereocenters. The number of carbonyl (C=O) groups is 1. The molecule has 0 fully saturated rings. The second-order valence-corrected chi connectivity index (χ2v) is 5.00. The predicted molar refractivity (Wildman–Crippen MR) is 86.2 cm³/mol. The molecule has 0 saturated carbocycles. The van der Waals surface area contributed by atoms with Gasteiger partial charge in [0.25, 0.3) is 0 Å². The smallest absolute Gasteiger partial charge is 0.319 e. The van der Waals surface area contributed by atoms with E-state index in [4.69, 9.17) is 0 Å². The van der Waals surface area contributed by atoms with Gasteiger partial charge in [0, 0.05) is 18.1 Å². The SMILES string of the molecule is C[C@H](NC(=O)Nc1ccc(-n2ccnn2)cc1)c1cccnc1. The lowest BCUT2D eigenvalue weighted by Gasteiger charge is -2.14. The molecule has 1 aromatic carbocycles. The van der Waals surface area contributed by atoms with Gasteiger partial charge in [-0.25, -0.2) is 9.48 Å². The molecule has 7 heteroatoms. The first-order chi connectivity index (χ1) is 11.2. The van der Waals surface area contributed by atoms with Gasteiger partial charge in [0.2, 0.25) is 0 Å². The molecule has 116 valence electrons. The van der Waals surface area contributed by atoms with Gasteiger partial charge in [0.1, 0.15) is 0 Å². The molecule has 2 amide bonds. The van der Waals surface area contributed by atoms with Crippen molar-refractivity contribution in [3.05, 3.63) is 66.7 Å². The Labute approximate surface area is 133 Å². The predicted octanol–water partition coefficient (Wildman–Crippen LogP) is 2.55. The molecule has 0 aliphatic heterocycles. The molecular formula is C16H16N6O. The summed E-state index contributed by atoms with van der Waals surface area (Å²) in [6.45, 7) is 1.91. The number of hydrogen-bond donors (Lipinski definition) is 2. The maximum atomic E-state index is 12.0. The van der Waals surface area contributed by atoms with Crippen LogP contribution in [-0.2, 0) is 0 Å². The van der Waals surface area contributed by atoms with Crippen molar-refractivity contribution >= 4 is 11.7 Å². The van der Waals surface area contributed by atoms with E-state index in [2.05, 4.69) is 25.9 Å². The van der Waals surface area contributed by atoms with Crippen LogP contribution >= 0.6 is 0 Å². The van der Waals surface area contributed by atoms with E-state index in [-0.39, 0.29) is 12.1 Å². The Morgan fingerprint density at radius 3 is 2.65 bits per heavy atom. The molecule has 2 aromatic heterocycles. The number of nitrogens with one attached hydrogen (secondary N) is 2. The molecule has 0 bridgehead atoms. The average molecular weight is 308 g/mol. The van der Waals surface area contributed by atoms with Crippen LogP contribution in [0, 0.1) is 0 Å². The van der Waals surface area contributed by atoms with Crippen molar-refractivity contribution in [2.24, 2.45) is 0 Å². The van der Waals surface area contributed by atoms with E-state index in [0.29, 0.717) is 5.69 Å². The molecule has 3 rings (SSSR count). The lowest BCUT2D eigenvalue weighted by atomic mass is 10.1. The number of amides is 2. The van der Waals surface area contributed by atoms with E-state index in [1.54, 1.807) is 29.5 Å². The summed E-state index contributed by atoms with van der Waals surface area (Å²) in [7, 11) is 0. The summed E-state index contributed by atoms with van der Waals surface area (Å²) in [5, 5.41) is 13.3. The molecule has 0 spiro atoms. The number of rotatable bonds is 4. The zero-order valence-corrected chi connectivity index (χ0v) is 12.5. The number of anilines is 1. The number of benzene rings is 1. The molecule has 2 heterocycles. The monoisotopic (exact) mass is 308 g/mol. The third-order valence-electron chi connectivity index (χ3n) is 3.34. The number of hydrogen-bond acceptors (Lipinski definition) is 4. The van der Waals surface area contributed by atoms with Gasteiger partial charge >= 0.3 is 6.03 Å². The first-order valence-corrected chi connectivity index (χ1v) is 7.16. The topological polar surface area (TPSA) is 84.7 Å². The summed E-state index contributed by atoms with van der Waals surface area (Å²) >= 11 is 0. The van der Waals surface area contributed by atoms with Crippen LogP contribution in [0.2, 0.25) is 0 Å². The largest absolute Gasteiger partial charge is 0.331 e. The fraction of sp³-hybridized carbons (Fsp3) is 0.125. The van der Waals surface area contributed by atoms with Gasteiger partial charge in [0.15, 0.2) is 0 Å². The van der Waals surface area contributed by atoms with Crippen LogP contribution in [-0.4, -0.2) is 26.0 Å². The highest BCUT2D eigenvalue weighted by Crippen LogP contribution is 2.13. The minimum atomic E-state index is -0.269. The Bertz CT molecular complexity index is 755. The molecule has 0 aliphatic carbocycles. The Morgan fingerprint density at radius 1 is 1.17 bits per heavy atom. The second-order valence-electron chi connectivity index (χ2n) is 5.00. The lowest BCUT2D eigenvalue weighted by molar-refractivity contribution is 0.249. The standard InChI is InChI=1S/C16H16N6O/c1-12(13-3-2-8-17-11-13)19-16(23)20-14-4-6-15(7-5-14)22-10-9-18-21-22/h2-12H,1H3,(H2,19,20,23)/t12-/m0/s1. The molecule has 7 nitrogen and oxygen atoms in total. The van der Waals surface area contributed by atoms with Gasteiger partial charge in [-0.05, 0) is 42.8 Å². The molecule has 0 radical (unpaired) electrons. The highest BCUT2D eigenvalue weighted by Gasteiger charge is 2.09. The van der Waals surface area contributed by atoms with Crippen molar-refractivity contribution in [2.45, 2.75) is 13.0 Å². The molecule has 1 atom stereocenters. The minimum Gasteiger partial charge on any atom is -0.331 e. The fourth-order valence-electron chi connectivity index (χ4n) is 2.12. The summed E-state index contributed by atoms with van der Waals surface area (Å²) in [5.41, 5.74) is 2.52. The summed E-state index contributed by atoms with van der Waals surface area (Å²) in [5.74, 6) is 0. The maximum absolute atomic E-state index is 12.0. The highest BCUT2D eigenvalue weighted by molar-refractivity contribution is 5.89. The number of pyridine rings is 1. The van der Waals surface area contributed by atoms with Crippen molar-refractivity contribution in [1.29, 1.82) is 0 Å². The zero-order valence-electron chi connectivity index (χ0n) is 12.5. The lowest BCUT2D eigenvalue weighted by Crippen LogP contribution is -2.31. The summed E-state index contributed by atoms with van der Waals surface area (Å²) in [6.07, 6.45) is 6.80. The number of urea groups is 1. The highest BCUT2D eigenvalue weighted by atomic mass is 16.2. The summed E-state index contributed by atoms with van der Waals surface area (Å²) in [6, 6.07) is 10.7. The molecule has 0 aliphatic rings. The van der Waals surface area contributed by atoms with Crippen LogP contribution in [0.15, 0.2) is 61.2 Å². The van der Waals surface area contributed by atoms with Crippen LogP contribution in [0.5, 0.6) is 0 Å². The van der Waals surface area contributed by atoms with Crippen molar-refractivity contribution in [2.75, 3.05) is 5.32 Å². The van der Waals surface area contributed by atoms with Crippen LogP contribution < -0.4 is 10.6 Å². The van der Waals surface area contributed by atoms with E-state index >= 15 is 0 Å². The fourth-order valence-corrected chi connectivity index (χ4v) is 2.12. The molecule has 0 saturated heterocycles. The van der Waals surface area contributed by atoms with Crippen LogP contribution in [0.4, 0.5) is 10.5 Å². The van der Waals surface area contributed by atoms with Crippen LogP contribution in [0.1, 0.15) is 18.5 Å². The Balaban J connectivity index is 1.60. The van der Waals surface area contributed by atoms with E-state index in [1.165, 1.54) is 0 Å². The Kier molecular flexibility index (Phi) is 4.28. The quantitative estimate of drug-likeness (QED) is 0.775. The van der Waals surface area contributed by atoms with Crippen LogP contribution in [0.3, 0.4) is 0 Å². The van der Waals surface area contributed by atoms with Crippen molar-refractivity contribution < 1.29 is 4.79 Å². The Hall–Kier alpha value is -3.22. The van der Waals surface area contributed by atoms with Gasteiger partial charge in [-0.1, -0.05) is 11.3 Å². The van der Waals surface area contributed by atoms with E-state index in [9.17, 15) is 4.79 Å². The van der Waals surface area contributed by atoms with Crippen molar-refractivity contribution in [3.8, 4) is 5.69 Å². The molecule has 2 N–H and O–H groups in total. The van der Waals surface area contributed by atoms with Crippen molar-refractivity contribution in [1.82, 2.24) is 25.3 Å². The van der Waals surface area contributed by atoms with Gasteiger partial charge in [-0.15, -0.1) is 5.10 Å². The van der Waals surface area contributed by atoms with Crippen molar-refractivity contribution in [3.63, 3.8) is 0 Å². The normalized spacial score (nSPS) is 11.7. The van der Waals surface area contributed by atoms with Gasteiger partial charge in [-0.3, -0.25) is 4.98 Å². The first kappa shape index (κ1) is 14.7. The first-order valence-electron chi connectivity index (χ1n) is 7.16. The van der Waals surface area contributed by atoms with Gasteiger partial charge < -0.3 is 10.6 Å². The van der Waals surface area contributed by atoms with E-state index in [0.717, 1.165) is 11.3 Å². The van der Waals surface area contributed by atoms with E-state index in [1.807, 2.05) is 43.3 Å². The average Bonchev–Trinajstić information content (AvgIpc) is 3.11. The van der Waals surface area contributed by atoms with Gasteiger partial charge in [-0.2, -0.15) is 0 Å². The molecule has 23 heavy (non-hydrogen) atoms. The third-order valence-corrected chi connectivity index (χ3v) is 3.34. The van der Waals surface area contributed by atoms with Gasteiger partial charge in [0.05, 0.1) is 24.1 Å². The maximum Gasteiger partial charge on any atom is 0.319 e. The zero-order chi connectivity index (χ0) is 16.1. The molecule has 3 aromatic rings. The Morgan fingerprint density at radius 2 is 2.00 bits per heavy atom. The van der Waals surface area contributed by atoms with Crippen LogP contribution in [0.25, 0.3) is 5.69 Å². The number of carbonyl (C=O) groups excluding carboxylic acids is 1. The number of aromatic nitrogens is 4. The van der Waals surface area contributed by atoms with E-state index < -0.39 is 0 Å². The minimum absolute atomic E-state index is 0.127. The second kappa shape index (κ2) is 6.69. The summed E-state index contributed by atoms with van der Waals surface area (Å²) < 4.78 is 1.65. The summed E-state index contributed by atoms with van der Waals surface area (Å²) in [4.78, 5) is 16.1. The number of nitrogens with zero attached hydrogens (tertiary/aromatic N) is 4. The molecular weight excluding hydrogens is 292 g/mol.